The van der Waals surface area contributed by atoms with Gasteiger partial charge in [0.05, 0.1) is 11.4 Å². The van der Waals surface area contributed by atoms with Gasteiger partial charge >= 0.3 is 0 Å². The Bertz CT molecular complexity index is 152. The zero-order chi connectivity index (χ0) is 9.30. The molecule has 2 nitrogen and oxygen atoms in total. The van der Waals surface area contributed by atoms with Gasteiger partial charge in [0, 0.05) is 16.3 Å². The fourth-order valence-corrected chi connectivity index (χ4v) is 2.65. The third-order valence-corrected chi connectivity index (χ3v) is 4.57. The molecule has 0 radical (unpaired) electrons. The van der Waals surface area contributed by atoms with E-state index in [1.165, 1.54) is 0 Å². The van der Waals surface area contributed by atoms with Crippen LogP contribution in [0.2, 0.25) is 0 Å². The van der Waals surface area contributed by atoms with Crippen molar-refractivity contribution in [1.29, 1.82) is 0 Å². The molecule has 1 heterocycles. The molecule has 6 heteroatoms. The van der Waals surface area contributed by atoms with Crippen LogP contribution < -0.4 is 0 Å². The monoisotopic (exact) mass is 244 g/mol. The van der Waals surface area contributed by atoms with E-state index >= 15 is 0 Å². The Labute approximate surface area is 94.1 Å². The Kier molecular flexibility index (Phi) is 4.47. The summed E-state index contributed by atoms with van der Waals surface area (Å²) in [6, 6.07) is 0. The second-order valence-corrected chi connectivity index (χ2v) is 4.87. The van der Waals surface area contributed by atoms with Crippen molar-refractivity contribution in [2.24, 2.45) is 0 Å². The van der Waals surface area contributed by atoms with Gasteiger partial charge in [-0.1, -0.05) is 0 Å². The largest absolute Gasteiger partial charge is 0.367 e. The molecule has 1 N–H and O–H groups in total. The Hall–Kier alpha value is 1.32. The molecule has 72 valence electrons. The van der Waals surface area contributed by atoms with Crippen LogP contribution in [0.5, 0.6) is 0 Å². The molecule has 0 aromatic carbocycles. The summed E-state index contributed by atoms with van der Waals surface area (Å²) < 4.78 is 5.21. The van der Waals surface area contributed by atoms with Crippen molar-refractivity contribution >= 4 is 50.5 Å². The Balaban J connectivity index is 2.63. The van der Waals surface area contributed by atoms with Gasteiger partial charge in [-0.3, -0.25) is 0 Å². The van der Waals surface area contributed by atoms with Crippen molar-refractivity contribution in [2.45, 2.75) is 28.1 Å². The lowest BCUT2D eigenvalue weighted by molar-refractivity contribution is -0.145. The average Bonchev–Trinajstić information content (AvgIpc) is 2.08. The third-order valence-electron chi connectivity index (χ3n) is 1.87. The first-order valence-corrected chi connectivity index (χ1v) is 5.74. The molecule has 0 aromatic rings. The van der Waals surface area contributed by atoms with Gasteiger partial charge in [-0.15, -0.1) is 0 Å². The predicted molar refractivity (Wildman–Crippen MR) is 63.1 cm³/mol. The molecule has 0 amide bonds. The highest BCUT2D eigenvalue weighted by atomic mass is 32.1. The van der Waals surface area contributed by atoms with Crippen molar-refractivity contribution in [3.63, 3.8) is 0 Å². The topological polar surface area (TPSA) is 29.5 Å². The number of hydrogen-bond donors (Lipinski definition) is 5. The van der Waals surface area contributed by atoms with E-state index < -0.39 is 6.29 Å². The summed E-state index contributed by atoms with van der Waals surface area (Å²) in [6.45, 7) is 0. The fraction of sp³-hybridized carbons (Fsp3) is 1.00. The summed E-state index contributed by atoms with van der Waals surface area (Å²) in [5.41, 5.74) is 0. The molecule has 0 bridgehead atoms. The number of hydrogen-bond acceptors (Lipinski definition) is 6. The molecule has 5 atom stereocenters. The van der Waals surface area contributed by atoms with E-state index in [2.05, 4.69) is 50.5 Å². The molecule has 1 rings (SSSR count). The quantitative estimate of drug-likeness (QED) is 0.436. The lowest BCUT2D eigenvalue weighted by Crippen LogP contribution is -2.51. The SMILES string of the molecule is O[C@H]1O[C@H](CS)[C@@H](S)[C@H](S)[C@H]1S. The van der Waals surface area contributed by atoms with Crippen LogP contribution in [-0.4, -0.2) is 39.0 Å². The van der Waals surface area contributed by atoms with Gasteiger partial charge in [0.15, 0.2) is 6.29 Å². The third kappa shape index (κ3) is 2.22. The molecule has 0 spiro atoms. The van der Waals surface area contributed by atoms with E-state index in [4.69, 9.17) is 4.74 Å². The minimum absolute atomic E-state index is 0.0308. The number of thiol groups is 4. The Morgan fingerprint density at radius 1 is 1.08 bits per heavy atom. The van der Waals surface area contributed by atoms with Gasteiger partial charge in [-0.05, 0) is 0 Å². The molecular weight excluding hydrogens is 232 g/mol. The summed E-state index contributed by atoms with van der Waals surface area (Å²) in [5.74, 6) is 0.531. The summed E-state index contributed by atoms with van der Waals surface area (Å²) in [4.78, 5) is 0. The van der Waals surface area contributed by atoms with E-state index in [1.807, 2.05) is 0 Å². The molecule has 1 saturated heterocycles. The Morgan fingerprint density at radius 2 is 1.67 bits per heavy atom. The van der Waals surface area contributed by atoms with Gasteiger partial charge in [0.1, 0.15) is 0 Å². The van der Waals surface area contributed by atoms with Gasteiger partial charge < -0.3 is 9.84 Å². The fourth-order valence-electron chi connectivity index (χ4n) is 1.08. The highest BCUT2D eigenvalue weighted by molar-refractivity contribution is 7.87. The normalized spacial score (nSPS) is 49.2. The second-order valence-electron chi connectivity index (χ2n) is 2.72. The first-order chi connectivity index (χ1) is 5.57. The summed E-state index contributed by atoms with van der Waals surface area (Å²) in [7, 11) is 0. The average molecular weight is 244 g/mol. The van der Waals surface area contributed by atoms with Crippen LogP contribution in [0.25, 0.3) is 0 Å². The number of rotatable bonds is 1. The number of aliphatic hydroxyl groups excluding tert-OH is 1. The van der Waals surface area contributed by atoms with Crippen molar-refractivity contribution in [3.8, 4) is 0 Å². The molecule has 1 fully saturated rings. The van der Waals surface area contributed by atoms with Gasteiger partial charge in [0.25, 0.3) is 0 Å². The zero-order valence-electron chi connectivity index (χ0n) is 6.24. The van der Waals surface area contributed by atoms with Gasteiger partial charge in [-0.2, -0.15) is 50.5 Å². The van der Waals surface area contributed by atoms with Crippen molar-refractivity contribution in [3.05, 3.63) is 0 Å². The minimum Gasteiger partial charge on any atom is -0.367 e. The maximum atomic E-state index is 9.35. The Morgan fingerprint density at radius 3 is 2.17 bits per heavy atom. The lowest BCUT2D eigenvalue weighted by atomic mass is 10.1. The smallest absolute Gasteiger partial charge is 0.167 e. The second kappa shape index (κ2) is 4.70. The molecule has 12 heavy (non-hydrogen) atoms. The minimum atomic E-state index is -0.864. The lowest BCUT2D eigenvalue weighted by Gasteiger charge is -2.39. The van der Waals surface area contributed by atoms with Crippen molar-refractivity contribution < 1.29 is 9.84 Å². The molecule has 0 unspecified atom stereocenters. The van der Waals surface area contributed by atoms with Crippen LogP contribution in [0.15, 0.2) is 0 Å². The zero-order valence-corrected chi connectivity index (χ0v) is 9.82. The molecule has 1 aliphatic heterocycles. The van der Waals surface area contributed by atoms with Crippen LogP contribution >= 0.6 is 50.5 Å². The standard InChI is InChI=1S/C6H12O2S4/c7-6-5(12)4(11)3(10)2(1-9)8-6/h2-7,9-12H,1H2/t2-,3-,4+,5-,6+/m1/s1. The molecule has 0 aliphatic carbocycles. The molecule has 1 aliphatic rings. The van der Waals surface area contributed by atoms with Crippen LogP contribution in [0.3, 0.4) is 0 Å². The molecule has 0 aromatic heterocycles. The summed E-state index contributed by atoms with van der Waals surface area (Å²) >= 11 is 16.9. The molecular formula is C6H12O2S4. The van der Waals surface area contributed by atoms with E-state index in [0.717, 1.165) is 0 Å². The maximum Gasteiger partial charge on any atom is 0.167 e. The summed E-state index contributed by atoms with van der Waals surface area (Å²) in [6.07, 6.45) is -1.02. The highest BCUT2D eigenvalue weighted by Gasteiger charge is 2.39. The van der Waals surface area contributed by atoms with Gasteiger partial charge in [0.2, 0.25) is 0 Å². The van der Waals surface area contributed by atoms with Crippen LogP contribution in [0, 0.1) is 0 Å². The van der Waals surface area contributed by atoms with E-state index in [9.17, 15) is 5.11 Å². The van der Waals surface area contributed by atoms with Gasteiger partial charge in [-0.25, -0.2) is 0 Å². The predicted octanol–water partition coefficient (Wildman–Crippen LogP) is 0.529. The number of ether oxygens (including phenoxy) is 1. The molecule has 0 saturated carbocycles. The maximum absolute atomic E-state index is 9.35. The van der Waals surface area contributed by atoms with Crippen molar-refractivity contribution in [1.82, 2.24) is 0 Å². The van der Waals surface area contributed by atoms with E-state index in [-0.39, 0.29) is 21.9 Å². The van der Waals surface area contributed by atoms with Crippen molar-refractivity contribution in [2.75, 3.05) is 5.75 Å². The first kappa shape index (κ1) is 11.4. The summed E-state index contributed by atoms with van der Waals surface area (Å²) in [5, 5.41) is 8.96. The first-order valence-electron chi connectivity index (χ1n) is 3.56. The van der Waals surface area contributed by atoms with E-state index in [0.29, 0.717) is 5.75 Å². The van der Waals surface area contributed by atoms with E-state index in [1.54, 1.807) is 0 Å². The van der Waals surface area contributed by atoms with Crippen LogP contribution in [0.1, 0.15) is 0 Å². The highest BCUT2D eigenvalue weighted by Crippen LogP contribution is 2.30. The van der Waals surface area contributed by atoms with Crippen LogP contribution in [-0.2, 0) is 4.74 Å². The van der Waals surface area contributed by atoms with Crippen LogP contribution in [0.4, 0.5) is 0 Å². The number of aliphatic hydroxyl groups is 1.